The zero-order valence-corrected chi connectivity index (χ0v) is 15.7. The number of carbonyl (C=O) groups excluding carboxylic acids is 2. The Morgan fingerprint density at radius 3 is 2.34 bits per heavy atom. The smallest absolute Gasteiger partial charge is 0.339 e. The summed E-state index contributed by atoms with van der Waals surface area (Å²) in [5.74, 6) is -0.784. The summed E-state index contributed by atoms with van der Waals surface area (Å²) in [5.41, 5.74) is 0.242. The van der Waals surface area contributed by atoms with Gasteiger partial charge in [0.05, 0.1) is 5.56 Å². The number of benzene rings is 2. The standard InChI is InChI=1S/C22H21F3N2O2/c23-22(24,25)18-7-4-8-19(15-18)26-21(29)17-11-13-27(14-12-17)20(28)10-9-16-5-2-1-3-6-16/h1-10,15,17H,11-14H2,(H,26,29). The van der Waals surface area contributed by atoms with Crippen molar-refractivity contribution in [2.24, 2.45) is 5.92 Å². The lowest BCUT2D eigenvalue weighted by Gasteiger charge is -2.30. The molecule has 0 unspecified atom stereocenters. The molecule has 7 heteroatoms. The Morgan fingerprint density at radius 2 is 1.69 bits per heavy atom. The number of amides is 2. The lowest BCUT2D eigenvalue weighted by Crippen LogP contribution is -2.40. The van der Waals surface area contributed by atoms with Crippen LogP contribution in [0.25, 0.3) is 6.08 Å². The molecule has 29 heavy (non-hydrogen) atoms. The van der Waals surface area contributed by atoms with Crippen LogP contribution < -0.4 is 5.32 Å². The van der Waals surface area contributed by atoms with Crippen molar-refractivity contribution < 1.29 is 22.8 Å². The molecule has 1 N–H and O–H groups in total. The maximum Gasteiger partial charge on any atom is 0.416 e. The van der Waals surface area contributed by atoms with Gasteiger partial charge in [-0.2, -0.15) is 13.2 Å². The van der Waals surface area contributed by atoms with Gasteiger partial charge in [-0.1, -0.05) is 36.4 Å². The molecule has 0 aromatic heterocycles. The number of alkyl halides is 3. The lowest BCUT2D eigenvalue weighted by atomic mass is 9.95. The quantitative estimate of drug-likeness (QED) is 0.760. The Morgan fingerprint density at radius 1 is 1.00 bits per heavy atom. The molecule has 0 atom stereocenters. The fourth-order valence-electron chi connectivity index (χ4n) is 3.22. The van der Waals surface area contributed by atoms with Gasteiger partial charge in [-0.25, -0.2) is 0 Å². The van der Waals surface area contributed by atoms with Crippen LogP contribution in [0.2, 0.25) is 0 Å². The van der Waals surface area contributed by atoms with Crippen LogP contribution in [0.4, 0.5) is 18.9 Å². The molecular formula is C22H21F3N2O2. The van der Waals surface area contributed by atoms with Crippen molar-refractivity contribution in [1.29, 1.82) is 0 Å². The molecule has 0 saturated carbocycles. The summed E-state index contributed by atoms with van der Waals surface area (Å²) in [6.07, 6.45) is -0.266. The lowest BCUT2D eigenvalue weighted by molar-refractivity contribution is -0.137. The normalized spacial score (nSPS) is 15.5. The van der Waals surface area contributed by atoms with Crippen LogP contribution in [0, 0.1) is 5.92 Å². The third kappa shape index (κ3) is 5.70. The Bertz CT molecular complexity index is 886. The molecule has 1 heterocycles. The highest BCUT2D eigenvalue weighted by Crippen LogP contribution is 2.31. The van der Waals surface area contributed by atoms with E-state index in [9.17, 15) is 22.8 Å². The van der Waals surface area contributed by atoms with Crippen LogP contribution >= 0.6 is 0 Å². The Hall–Kier alpha value is -3.09. The zero-order valence-electron chi connectivity index (χ0n) is 15.7. The number of carbonyl (C=O) groups is 2. The molecule has 1 fully saturated rings. The first-order valence-electron chi connectivity index (χ1n) is 9.33. The van der Waals surface area contributed by atoms with E-state index >= 15 is 0 Å². The Kier molecular flexibility index (Phi) is 6.36. The number of nitrogens with one attached hydrogen (secondary N) is 1. The van der Waals surface area contributed by atoms with Gasteiger partial charge in [-0.15, -0.1) is 0 Å². The van der Waals surface area contributed by atoms with Crippen LogP contribution in [0.5, 0.6) is 0 Å². The van der Waals surface area contributed by atoms with Gasteiger partial charge in [0.25, 0.3) is 0 Å². The number of halogens is 3. The summed E-state index contributed by atoms with van der Waals surface area (Å²) in [7, 11) is 0. The first kappa shape index (κ1) is 20.6. The molecular weight excluding hydrogens is 381 g/mol. The van der Waals surface area contributed by atoms with E-state index in [0.717, 1.165) is 17.7 Å². The fraction of sp³-hybridized carbons (Fsp3) is 0.273. The van der Waals surface area contributed by atoms with Crippen LogP contribution in [0.15, 0.2) is 60.7 Å². The minimum atomic E-state index is -4.46. The highest BCUT2D eigenvalue weighted by molar-refractivity contribution is 5.94. The van der Waals surface area contributed by atoms with Crippen molar-refractivity contribution in [3.8, 4) is 0 Å². The fourth-order valence-corrected chi connectivity index (χ4v) is 3.22. The van der Waals surface area contributed by atoms with Crippen molar-refractivity contribution in [1.82, 2.24) is 4.90 Å². The van der Waals surface area contributed by atoms with Crippen molar-refractivity contribution >= 4 is 23.6 Å². The van der Waals surface area contributed by atoms with Crippen molar-refractivity contribution in [3.63, 3.8) is 0 Å². The van der Waals surface area contributed by atoms with Crippen LogP contribution in [-0.4, -0.2) is 29.8 Å². The average molecular weight is 402 g/mol. The number of piperidine rings is 1. The topological polar surface area (TPSA) is 49.4 Å². The molecule has 2 aromatic carbocycles. The van der Waals surface area contributed by atoms with Gasteiger partial charge in [0.15, 0.2) is 0 Å². The van der Waals surface area contributed by atoms with Gasteiger partial charge in [0, 0.05) is 30.8 Å². The minimum Gasteiger partial charge on any atom is -0.339 e. The predicted octanol–water partition coefficient (Wildman–Crippen LogP) is 4.60. The van der Waals surface area contributed by atoms with Crippen molar-refractivity contribution in [2.45, 2.75) is 19.0 Å². The predicted molar refractivity (Wildman–Crippen MR) is 105 cm³/mol. The summed E-state index contributed by atoms with van der Waals surface area (Å²) in [5, 5.41) is 2.56. The second kappa shape index (κ2) is 8.94. The number of rotatable bonds is 4. The number of hydrogen-bond acceptors (Lipinski definition) is 2. The molecule has 1 saturated heterocycles. The first-order valence-corrected chi connectivity index (χ1v) is 9.33. The van der Waals surface area contributed by atoms with E-state index in [1.54, 1.807) is 11.0 Å². The summed E-state index contributed by atoms with van der Waals surface area (Å²) < 4.78 is 38.4. The average Bonchev–Trinajstić information content (AvgIpc) is 2.72. The molecule has 2 aromatic rings. The van der Waals surface area contributed by atoms with Crippen LogP contribution in [0.3, 0.4) is 0 Å². The number of anilines is 1. The van der Waals surface area contributed by atoms with Gasteiger partial charge in [0.2, 0.25) is 11.8 Å². The molecule has 4 nitrogen and oxygen atoms in total. The highest BCUT2D eigenvalue weighted by atomic mass is 19.4. The van der Waals surface area contributed by atoms with E-state index in [0.29, 0.717) is 25.9 Å². The molecule has 0 radical (unpaired) electrons. The summed E-state index contributed by atoms with van der Waals surface area (Å²) in [4.78, 5) is 26.4. The molecule has 1 aliphatic heterocycles. The van der Waals surface area contributed by atoms with Crippen LogP contribution in [-0.2, 0) is 15.8 Å². The summed E-state index contributed by atoms with van der Waals surface area (Å²) in [6, 6.07) is 14.0. The Labute approximate surface area is 167 Å². The maximum absolute atomic E-state index is 12.8. The second-order valence-electron chi connectivity index (χ2n) is 6.91. The molecule has 0 aliphatic carbocycles. The van der Waals surface area contributed by atoms with Gasteiger partial charge < -0.3 is 10.2 Å². The number of nitrogens with zero attached hydrogens (tertiary/aromatic N) is 1. The van der Waals surface area contributed by atoms with Crippen LogP contribution in [0.1, 0.15) is 24.0 Å². The van der Waals surface area contributed by atoms with Crippen molar-refractivity contribution in [3.05, 3.63) is 71.8 Å². The molecule has 3 rings (SSSR count). The minimum absolute atomic E-state index is 0.120. The molecule has 0 bridgehead atoms. The number of likely N-dealkylation sites (tertiary alicyclic amines) is 1. The first-order chi connectivity index (χ1) is 13.8. The van der Waals surface area contributed by atoms with E-state index in [4.69, 9.17) is 0 Å². The Balaban J connectivity index is 1.52. The van der Waals surface area contributed by atoms with E-state index < -0.39 is 11.7 Å². The largest absolute Gasteiger partial charge is 0.416 e. The summed E-state index contributed by atoms with van der Waals surface area (Å²) in [6.45, 7) is 0.858. The van der Waals surface area contributed by atoms with Gasteiger partial charge >= 0.3 is 6.18 Å². The van der Waals surface area contributed by atoms with E-state index in [-0.39, 0.29) is 23.4 Å². The molecule has 152 valence electrons. The second-order valence-corrected chi connectivity index (χ2v) is 6.91. The molecule has 2 amide bonds. The SMILES string of the molecule is O=C(Nc1cccc(C(F)(F)F)c1)C1CCN(C(=O)C=Cc2ccccc2)CC1. The maximum atomic E-state index is 12.8. The monoisotopic (exact) mass is 402 g/mol. The highest BCUT2D eigenvalue weighted by Gasteiger charge is 2.31. The van der Waals surface area contributed by atoms with Gasteiger partial charge in [0.1, 0.15) is 0 Å². The zero-order chi connectivity index (χ0) is 20.9. The third-order valence-corrected chi connectivity index (χ3v) is 4.85. The van der Waals surface area contributed by atoms with Gasteiger partial charge in [-0.3, -0.25) is 9.59 Å². The third-order valence-electron chi connectivity index (χ3n) is 4.85. The van der Waals surface area contributed by atoms with Crippen molar-refractivity contribution in [2.75, 3.05) is 18.4 Å². The number of hydrogen-bond donors (Lipinski definition) is 1. The molecule has 0 spiro atoms. The van der Waals surface area contributed by atoms with Gasteiger partial charge in [-0.05, 0) is 42.7 Å². The molecule has 1 aliphatic rings. The summed E-state index contributed by atoms with van der Waals surface area (Å²) >= 11 is 0. The van der Waals surface area contributed by atoms with E-state index in [1.165, 1.54) is 18.2 Å². The van der Waals surface area contributed by atoms with E-state index in [2.05, 4.69) is 5.32 Å². The van der Waals surface area contributed by atoms with E-state index in [1.807, 2.05) is 30.3 Å².